The first-order valence-corrected chi connectivity index (χ1v) is 12.3. The van der Waals surface area contributed by atoms with Crippen LogP contribution >= 0.6 is 0 Å². The Morgan fingerprint density at radius 1 is 1.03 bits per heavy atom. The molecule has 2 heterocycles. The number of carbonyl (C=O) groups is 3. The van der Waals surface area contributed by atoms with E-state index in [9.17, 15) is 22.8 Å². The van der Waals surface area contributed by atoms with E-state index >= 15 is 0 Å². The van der Waals surface area contributed by atoms with Gasteiger partial charge in [-0.2, -0.15) is 4.31 Å². The quantitative estimate of drug-likeness (QED) is 0.603. The van der Waals surface area contributed by atoms with Crippen LogP contribution in [0.15, 0.2) is 59.5 Å². The Morgan fingerprint density at radius 3 is 2.27 bits per heavy atom. The first-order chi connectivity index (χ1) is 15.8. The fourth-order valence-electron chi connectivity index (χ4n) is 4.26. The van der Waals surface area contributed by atoms with E-state index in [1.807, 2.05) is 6.07 Å². The maximum atomic E-state index is 13.1. The summed E-state index contributed by atoms with van der Waals surface area (Å²) < 4.78 is 26.7. The predicted molar refractivity (Wildman–Crippen MR) is 122 cm³/mol. The summed E-state index contributed by atoms with van der Waals surface area (Å²) >= 11 is 0. The highest BCUT2D eigenvalue weighted by molar-refractivity contribution is 7.89. The van der Waals surface area contributed by atoms with Crippen molar-refractivity contribution in [2.75, 3.05) is 25.0 Å². The van der Waals surface area contributed by atoms with Crippen molar-refractivity contribution >= 4 is 33.6 Å². The van der Waals surface area contributed by atoms with Gasteiger partial charge in [-0.05, 0) is 49.1 Å². The molecule has 9 nitrogen and oxygen atoms in total. The fraction of sp³-hybridized carbons (Fsp3) is 0.348. The summed E-state index contributed by atoms with van der Waals surface area (Å²) in [6.07, 6.45) is 2.03. The molecule has 2 saturated heterocycles. The molecule has 33 heavy (non-hydrogen) atoms. The average Bonchev–Trinajstić information content (AvgIpc) is 3.44. The van der Waals surface area contributed by atoms with Gasteiger partial charge in [-0.1, -0.05) is 37.3 Å². The average molecular weight is 471 g/mol. The molecule has 2 fully saturated rings. The zero-order valence-corrected chi connectivity index (χ0v) is 19.1. The van der Waals surface area contributed by atoms with Gasteiger partial charge in [0.2, 0.25) is 15.9 Å². The first kappa shape index (κ1) is 22.9. The third kappa shape index (κ3) is 4.23. The molecule has 2 aliphatic heterocycles. The highest BCUT2D eigenvalue weighted by atomic mass is 32.2. The fourth-order valence-corrected chi connectivity index (χ4v) is 5.78. The minimum atomic E-state index is -3.54. The Labute approximate surface area is 192 Å². The molecule has 2 aromatic carbocycles. The molecule has 2 aliphatic rings. The third-order valence-electron chi connectivity index (χ3n) is 6.12. The molecule has 0 radical (unpaired) electrons. The van der Waals surface area contributed by atoms with E-state index in [2.05, 4.69) is 10.6 Å². The van der Waals surface area contributed by atoms with Crippen LogP contribution in [0.4, 0.5) is 10.5 Å². The van der Waals surface area contributed by atoms with Crippen molar-refractivity contribution in [2.24, 2.45) is 0 Å². The Balaban J connectivity index is 1.43. The van der Waals surface area contributed by atoms with E-state index in [1.54, 1.807) is 31.2 Å². The SMILES string of the molecule is CC[C@]1(c2ccccc2)NC(=O)N(CC(=O)Nc2ccc(S(=O)(=O)N3CCCC3)cc2)C1=O. The van der Waals surface area contributed by atoms with Gasteiger partial charge in [0.25, 0.3) is 5.91 Å². The maximum Gasteiger partial charge on any atom is 0.325 e. The number of anilines is 1. The van der Waals surface area contributed by atoms with Gasteiger partial charge in [0, 0.05) is 18.8 Å². The lowest BCUT2D eigenvalue weighted by Gasteiger charge is -2.25. The number of rotatable bonds is 7. The topological polar surface area (TPSA) is 116 Å². The van der Waals surface area contributed by atoms with Gasteiger partial charge in [-0.3, -0.25) is 14.5 Å². The molecule has 0 aliphatic carbocycles. The van der Waals surface area contributed by atoms with Crippen molar-refractivity contribution in [2.45, 2.75) is 36.6 Å². The third-order valence-corrected chi connectivity index (χ3v) is 8.03. The largest absolute Gasteiger partial charge is 0.325 e. The summed E-state index contributed by atoms with van der Waals surface area (Å²) in [4.78, 5) is 39.3. The summed E-state index contributed by atoms with van der Waals surface area (Å²) in [5.41, 5.74) is -0.176. The first-order valence-electron chi connectivity index (χ1n) is 10.9. The predicted octanol–water partition coefficient (Wildman–Crippen LogP) is 2.27. The van der Waals surface area contributed by atoms with Crippen molar-refractivity contribution in [1.29, 1.82) is 0 Å². The van der Waals surface area contributed by atoms with Crippen LogP contribution in [0.25, 0.3) is 0 Å². The molecule has 0 spiro atoms. The molecular weight excluding hydrogens is 444 g/mol. The summed E-state index contributed by atoms with van der Waals surface area (Å²) in [6, 6.07) is 14.2. The van der Waals surface area contributed by atoms with E-state index in [4.69, 9.17) is 0 Å². The summed E-state index contributed by atoms with van der Waals surface area (Å²) in [7, 11) is -3.54. The summed E-state index contributed by atoms with van der Waals surface area (Å²) in [6.45, 7) is 2.36. The van der Waals surface area contributed by atoms with E-state index in [0.29, 0.717) is 30.8 Å². The second-order valence-electron chi connectivity index (χ2n) is 8.13. The lowest BCUT2D eigenvalue weighted by molar-refractivity contribution is -0.134. The number of nitrogens with one attached hydrogen (secondary N) is 2. The molecule has 1 atom stereocenters. The zero-order chi connectivity index (χ0) is 23.6. The van der Waals surface area contributed by atoms with Crippen molar-refractivity contribution in [3.63, 3.8) is 0 Å². The van der Waals surface area contributed by atoms with Gasteiger partial charge in [-0.25, -0.2) is 13.2 Å². The standard InChI is InChI=1S/C23H26N4O5S/c1-2-23(17-8-4-3-5-9-17)21(29)27(22(30)25-23)16-20(28)24-18-10-12-19(13-11-18)33(31,32)26-14-6-7-15-26/h3-5,8-13H,2,6-7,14-16H2,1H3,(H,24,28)(H,25,30)/t23-/m1/s1. The number of urea groups is 1. The van der Waals surface area contributed by atoms with E-state index in [1.165, 1.54) is 28.6 Å². The lowest BCUT2D eigenvalue weighted by Crippen LogP contribution is -2.44. The molecule has 4 amide bonds. The van der Waals surface area contributed by atoms with Crippen molar-refractivity contribution < 1.29 is 22.8 Å². The molecule has 2 aromatic rings. The van der Waals surface area contributed by atoms with Crippen molar-refractivity contribution in [3.8, 4) is 0 Å². The van der Waals surface area contributed by atoms with Crippen LogP contribution in [0.5, 0.6) is 0 Å². The summed E-state index contributed by atoms with van der Waals surface area (Å²) in [5.74, 6) is -1.04. The van der Waals surface area contributed by atoms with Crippen LogP contribution in [-0.2, 0) is 25.2 Å². The van der Waals surface area contributed by atoms with Gasteiger partial charge < -0.3 is 10.6 Å². The van der Waals surface area contributed by atoms with Gasteiger partial charge in [-0.15, -0.1) is 0 Å². The number of sulfonamides is 1. The Hall–Kier alpha value is -3.24. The number of nitrogens with zero attached hydrogens (tertiary/aromatic N) is 2. The number of carbonyl (C=O) groups excluding carboxylic acids is 3. The zero-order valence-electron chi connectivity index (χ0n) is 18.3. The molecule has 0 aromatic heterocycles. The molecule has 10 heteroatoms. The van der Waals surface area contributed by atoms with Gasteiger partial charge >= 0.3 is 6.03 Å². The van der Waals surface area contributed by atoms with Gasteiger partial charge in [0.1, 0.15) is 12.1 Å². The van der Waals surface area contributed by atoms with Crippen LogP contribution in [0, 0.1) is 0 Å². The molecule has 0 unspecified atom stereocenters. The highest BCUT2D eigenvalue weighted by Crippen LogP contribution is 2.32. The van der Waals surface area contributed by atoms with E-state index in [0.717, 1.165) is 17.7 Å². The van der Waals surface area contributed by atoms with Crippen LogP contribution in [0.1, 0.15) is 31.7 Å². The Morgan fingerprint density at radius 2 is 1.67 bits per heavy atom. The van der Waals surface area contributed by atoms with Crippen molar-refractivity contribution in [3.05, 3.63) is 60.2 Å². The molecular formula is C23H26N4O5S. The monoisotopic (exact) mass is 470 g/mol. The number of hydrogen-bond donors (Lipinski definition) is 2. The molecule has 0 saturated carbocycles. The van der Waals surface area contributed by atoms with E-state index < -0.39 is 40.0 Å². The molecule has 2 N–H and O–H groups in total. The second kappa shape index (κ2) is 8.95. The normalized spacial score (nSPS) is 21.3. The van der Waals surface area contributed by atoms with Crippen LogP contribution in [0.3, 0.4) is 0 Å². The smallest absolute Gasteiger partial charge is 0.325 e. The minimum absolute atomic E-state index is 0.159. The van der Waals surface area contributed by atoms with Gasteiger partial charge in [0.15, 0.2) is 0 Å². The Kier molecular flexibility index (Phi) is 6.22. The molecule has 174 valence electrons. The van der Waals surface area contributed by atoms with Crippen molar-refractivity contribution in [1.82, 2.24) is 14.5 Å². The highest BCUT2D eigenvalue weighted by Gasteiger charge is 2.51. The number of amides is 4. The second-order valence-corrected chi connectivity index (χ2v) is 10.1. The van der Waals surface area contributed by atoms with Gasteiger partial charge in [0.05, 0.1) is 4.90 Å². The number of benzene rings is 2. The lowest BCUT2D eigenvalue weighted by atomic mass is 9.87. The number of imide groups is 1. The maximum absolute atomic E-state index is 13.1. The van der Waals surface area contributed by atoms with Crippen LogP contribution in [-0.4, -0.2) is 55.1 Å². The van der Waals surface area contributed by atoms with Crippen LogP contribution < -0.4 is 10.6 Å². The van der Waals surface area contributed by atoms with Crippen LogP contribution in [0.2, 0.25) is 0 Å². The molecule has 0 bridgehead atoms. The van der Waals surface area contributed by atoms with E-state index in [-0.39, 0.29) is 4.90 Å². The molecule has 4 rings (SSSR count). The minimum Gasteiger partial charge on any atom is -0.325 e. The summed E-state index contributed by atoms with van der Waals surface area (Å²) in [5, 5.41) is 5.36. The number of hydrogen-bond acceptors (Lipinski definition) is 5. The Bertz CT molecular complexity index is 1160.